The summed E-state index contributed by atoms with van der Waals surface area (Å²) in [5, 5.41) is 5.96. The van der Waals surface area contributed by atoms with Crippen molar-refractivity contribution in [3.8, 4) is 0 Å². The van der Waals surface area contributed by atoms with Crippen LogP contribution in [0.5, 0.6) is 0 Å². The van der Waals surface area contributed by atoms with E-state index in [1.165, 1.54) is 4.90 Å². The number of amides is 1. The van der Waals surface area contributed by atoms with Crippen molar-refractivity contribution in [2.45, 2.75) is 25.4 Å². The van der Waals surface area contributed by atoms with E-state index in [1.807, 2.05) is 0 Å². The second-order valence-corrected chi connectivity index (χ2v) is 5.77. The van der Waals surface area contributed by atoms with Crippen LogP contribution in [0.25, 0.3) is 0 Å². The fourth-order valence-corrected chi connectivity index (χ4v) is 2.70. The van der Waals surface area contributed by atoms with Crippen LogP contribution in [-0.2, 0) is 4.79 Å². The van der Waals surface area contributed by atoms with Crippen LogP contribution in [0.15, 0.2) is 0 Å². The molecule has 0 aromatic rings. The minimum absolute atomic E-state index is 0. The highest BCUT2D eigenvalue weighted by molar-refractivity contribution is 5.85. The maximum Gasteiger partial charge on any atom is 0.401 e. The quantitative estimate of drug-likeness (QED) is 0.801. The van der Waals surface area contributed by atoms with Gasteiger partial charge < -0.3 is 10.6 Å². The van der Waals surface area contributed by atoms with Gasteiger partial charge in [-0.3, -0.25) is 9.69 Å². The molecule has 0 saturated carbocycles. The maximum absolute atomic E-state index is 12.2. The topological polar surface area (TPSA) is 44.4 Å². The van der Waals surface area contributed by atoms with Crippen molar-refractivity contribution in [3.63, 3.8) is 0 Å². The van der Waals surface area contributed by atoms with Crippen molar-refractivity contribution in [2.75, 3.05) is 39.3 Å². The molecule has 2 fully saturated rings. The third-order valence-corrected chi connectivity index (χ3v) is 4.11. The largest absolute Gasteiger partial charge is 0.401 e. The van der Waals surface area contributed by atoms with E-state index in [4.69, 9.17) is 0 Å². The fourth-order valence-electron chi connectivity index (χ4n) is 2.70. The Hall–Kier alpha value is -0.530. The molecular weight excluding hydrogens is 307 g/mol. The van der Waals surface area contributed by atoms with E-state index in [1.54, 1.807) is 0 Å². The van der Waals surface area contributed by atoms with Crippen molar-refractivity contribution < 1.29 is 18.0 Å². The van der Waals surface area contributed by atoms with Gasteiger partial charge in [-0.15, -0.1) is 12.4 Å². The number of nitrogens with zero attached hydrogens (tertiary/aromatic N) is 1. The van der Waals surface area contributed by atoms with Crippen LogP contribution in [0, 0.1) is 11.8 Å². The molecule has 0 bridgehead atoms. The zero-order valence-electron chi connectivity index (χ0n) is 11.9. The number of rotatable bonds is 5. The summed E-state index contributed by atoms with van der Waals surface area (Å²) < 4.78 is 36.7. The van der Waals surface area contributed by atoms with Crippen molar-refractivity contribution in [1.82, 2.24) is 15.5 Å². The molecule has 0 radical (unpaired) electrons. The number of likely N-dealkylation sites (tertiary alicyclic amines) is 1. The molecule has 8 heteroatoms. The molecule has 1 amide bonds. The van der Waals surface area contributed by atoms with Crippen LogP contribution in [0.3, 0.4) is 0 Å². The van der Waals surface area contributed by atoms with Crippen LogP contribution in [-0.4, -0.2) is 56.3 Å². The summed E-state index contributed by atoms with van der Waals surface area (Å²) in [6.45, 7) is 2.35. The Bertz CT molecular complexity index is 329. The van der Waals surface area contributed by atoms with Crippen LogP contribution in [0.1, 0.15) is 19.3 Å². The molecule has 0 aromatic carbocycles. The van der Waals surface area contributed by atoms with Gasteiger partial charge in [0.05, 0.1) is 12.5 Å². The first-order chi connectivity index (χ1) is 9.44. The number of carbonyl (C=O) groups excluding carboxylic acids is 1. The van der Waals surface area contributed by atoms with Crippen LogP contribution < -0.4 is 10.6 Å². The lowest BCUT2D eigenvalue weighted by Crippen LogP contribution is -2.51. The summed E-state index contributed by atoms with van der Waals surface area (Å²) in [5.41, 5.74) is 0. The molecule has 0 aromatic heterocycles. The highest BCUT2D eigenvalue weighted by Gasteiger charge is 2.32. The molecular formula is C13H23ClF3N3O. The molecule has 2 aliphatic rings. The molecule has 21 heavy (non-hydrogen) atoms. The Balaban J connectivity index is 0.00000220. The van der Waals surface area contributed by atoms with Crippen LogP contribution >= 0.6 is 12.4 Å². The van der Waals surface area contributed by atoms with Gasteiger partial charge in [0.15, 0.2) is 0 Å². The second-order valence-electron chi connectivity index (χ2n) is 5.77. The summed E-state index contributed by atoms with van der Waals surface area (Å²) in [5.74, 6) is 0.626. The Kier molecular flexibility index (Phi) is 7.23. The van der Waals surface area contributed by atoms with Gasteiger partial charge in [-0.05, 0) is 38.3 Å². The zero-order valence-corrected chi connectivity index (χ0v) is 12.7. The minimum atomic E-state index is -4.10. The van der Waals surface area contributed by atoms with Crippen molar-refractivity contribution in [1.29, 1.82) is 0 Å². The van der Waals surface area contributed by atoms with Gasteiger partial charge in [-0.1, -0.05) is 0 Å². The Morgan fingerprint density at radius 3 is 2.33 bits per heavy atom. The maximum atomic E-state index is 12.2. The normalized spacial score (nSPS) is 21.5. The van der Waals surface area contributed by atoms with Gasteiger partial charge in [-0.2, -0.15) is 13.2 Å². The van der Waals surface area contributed by atoms with E-state index in [0.29, 0.717) is 25.6 Å². The molecule has 2 aliphatic heterocycles. The number of carbonyl (C=O) groups is 1. The average Bonchev–Trinajstić information content (AvgIpc) is 2.27. The Labute approximate surface area is 129 Å². The smallest absolute Gasteiger partial charge is 0.356 e. The number of halogens is 4. The molecule has 2 heterocycles. The molecule has 0 aliphatic carbocycles. The van der Waals surface area contributed by atoms with E-state index < -0.39 is 12.7 Å². The molecule has 2 saturated heterocycles. The van der Waals surface area contributed by atoms with Crippen molar-refractivity contribution in [3.05, 3.63) is 0 Å². The second kappa shape index (κ2) is 8.19. The summed E-state index contributed by atoms with van der Waals surface area (Å²) in [6, 6.07) is 0. The van der Waals surface area contributed by atoms with E-state index >= 15 is 0 Å². The standard InChI is InChI=1S/C13H22F3N3O.ClH/c14-13(15,16)9-19-5-2-10(3-6-19)1-4-18-12(20)11-7-17-8-11;/h10-11,17H,1-9H2,(H,18,20);1H. The third kappa shape index (κ3) is 6.40. The SMILES string of the molecule is Cl.O=C(NCCC1CCN(CC(F)(F)F)CC1)C1CNC1. The molecule has 0 spiro atoms. The lowest BCUT2D eigenvalue weighted by molar-refractivity contribution is -0.148. The Morgan fingerprint density at radius 2 is 1.86 bits per heavy atom. The first-order valence-corrected chi connectivity index (χ1v) is 7.21. The van der Waals surface area contributed by atoms with Crippen molar-refractivity contribution in [2.24, 2.45) is 11.8 Å². The van der Waals surface area contributed by atoms with Gasteiger partial charge in [-0.25, -0.2) is 0 Å². The van der Waals surface area contributed by atoms with Crippen molar-refractivity contribution >= 4 is 18.3 Å². The van der Waals surface area contributed by atoms with E-state index in [0.717, 1.165) is 32.4 Å². The molecule has 4 nitrogen and oxygen atoms in total. The molecule has 124 valence electrons. The van der Waals surface area contributed by atoms with Gasteiger partial charge >= 0.3 is 6.18 Å². The van der Waals surface area contributed by atoms with Gasteiger partial charge in [0.2, 0.25) is 5.91 Å². The highest BCUT2D eigenvalue weighted by Crippen LogP contribution is 2.23. The average molecular weight is 330 g/mol. The molecule has 0 unspecified atom stereocenters. The number of piperidine rings is 1. The van der Waals surface area contributed by atoms with E-state index in [9.17, 15) is 18.0 Å². The number of hydrogen-bond donors (Lipinski definition) is 2. The lowest BCUT2D eigenvalue weighted by atomic mass is 9.93. The minimum Gasteiger partial charge on any atom is -0.356 e. The predicted molar refractivity (Wildman–Crippen MR) is 76.5 cm³/mol. The first kappa shape index (κ1) is 18.5. The van der Waals surface area contributed by atoms with Gasteiger partial charge in [0.25, 0.3) is 0 Å². The van der Waals surface area contributed by atoms with Crippen LogP contribution in [0.4, 0.5) is 13.2 Å². The number of nitrogens with one attached hydrogen (secondary N) is 2. The van der Waals surface area contributed by atoms with E-state index in [2.05, 4.69) is 10.6 Å². The lowest BCUT2D eigenvalue weighted by Gasteiger charge is -2.32. The fraction of sp³-hybridized carbons (Fsp3) is 0.923. The summed E-state index contributed by atoms with van der Waals surface area (Å²) in [6.07, 6.45) is -1.66. The number of alkyl halides is 3. The first-order valence-electron chi connectivity index (χ1n) is 7.21. The summed E-state index contributed by atoms with van der Waals surface area (Å²) in [7, 11) is 0. The molecule has 2 N–H and O–H groups in total. The van der Waals surface area contributed by atoms with E-state index in [-0.39, 0.29) is 24.2 Å². The third-order valence-electron chi connectivity index (χ3n) is 4.11. The summed E-state index contributed by atoms with van der Waals surface area (Å²) >= 11 is 0. The molecule has 2 rings (SSSR count). The number of hydrogen-bond acceptors (Lipinski definition) is 3. The zero-order chi connectivity index (χ0) is 14.6. The summed E-state index contributed by atoms with van der Waals surface area (Å²) in [4.78, 5) is 13.1. The monoisotopic (exact) mass is 329 g/mol. The predicted octanol–water partition coefficient (Wildman–Crippen LogP) is 1.41. The highest BCUT2D eigenvalue weighted by atomic mass is 35.5. The van der Waals surface area contributed by atoms with Crippen LogP contribution in [0.2, 0.25) is 0 Å². The Morgan fingerprint density at radius 1 is 1.24 bits per heavy atom. The molecule has 0 atom stereocenters. The van der Waals surface area contributed by atoms with Gasteiger partial charge in [0, 0.05) is 19.6 Å². The van der Waals surface area contributed by atoms with Gasteiger partial charge in [0.1, 0.15) is 0 Å².